The topological polar surface area (TPSA) is 91.4 Å². The minimum atomic E-state index is -3.40. The van der Waals surface area contributed by atoms with Crippen molar-refractivity contribution in [2.45, 2.75) is 26.2 Å². The number of anilines is 3. The smallest absolute Gasteiger partial charge is 0.259 e. The van der Waals surface area contributed by atoms with E-state index in [0.717, 1.165) is 37.8 Å². The van der Waals surface area contributed by atoms with Gasteiger partial charge in [-0.2, -0.15) is 0 Å². The summed E-state index contributed by atoms with van der Waals surface area (Å²) < 4.78 is 25.5. The molecular weight excluding hydrogens is 364 g/mol. The molecule has 3 rings (SSSR count). The molecule has 27 heavy (non-hydrogen) atoms. The van der Waals surface area contributed by atoms with E-state index in [1.807, 2.05) is 0 Å². The minimum Gasteiger partial charge on any atom is -0.356 e. The van der Waals surface area contributed by atoms with Crippen molar-refractivity contribution in [2.24, 2.45) is 0 Å². The Morgan fingerprint density at radius 2 is 1.89 bits per heavy atom. The zero-order valence-electron chi connectivity index (χ0n) is 15.5. The molecule has 2 N–H and O–H groups in total. The average Bonchev–Trinajstić information content (AvgIpc) is 2.64. The lowest BCUT2D eigenvalue weighted by molar-refractivity contribution is 0.102. The molecule has 0 radical (unpaired) electrons. The molecule has 0 aliphatic carbocycles. The molecule has 2 aromatic rings. The number of piperidine rings is 1. The number of amides is 1. The quantitative estimate of drug-likeness (QED) is 0.822. The number of carbonyl (C=O) groups excluding carboxylic acids is 1. The number of sulfonamides is 1. The molecule has 0 bridgehead atoms. The number of hydrogen-bond donors (Lipinski definition) is 2. The van der Waals surface area contributed by atoms with E-state index in [-0.39, 0.29) is 5.91 Å². The Morgan fingerprint density at radius 1 is 1.15 bits per heavy atom. The van der Waals surface area contributed by atoms with Crippen molar-refractivity contribution >= 4 is 33.1 Å². The van der Waals surface area contributed by atoms with Crippen LogP contribution in [0.25, 0.3) is 0 Å². The number of rotatable bonds is 5. The van der Waals surface area contributed by atoms with Crippen molar-refractivity contribution in [2.75, 3.05) is 34.3 Å². The Balaban J connectivity index is 1.83. The highest BCUT2D eigenvalue weighted by Crippen LogP contribution is 2.25. The zero-order valence-corrected chi connectivity index (χ0v) is 16.3. The van der Waals surface area contributed by atoms with Gasteiger partial charge in [-0.05, 0) is 56.0 Å². The molecule has 144 valence electrons. The van der Waals surface area contributed by atoms with Crippen LogP contribution < -0.4 is 14.9 Å². The Bertz CT molecular complexity index is 938. The average molecular weight is 388 g/mol. The van der Waals surface area contributed by atoms with Crippen LogP contribution in [-0.4, -0.2) is 38.7 Å². The fourth-order valence-corrected chi connectivity index (χ4v) is 3.76. The second-order valence-corrected chi connectivity index (χ2v) is 8.53. The molecule has 1 fully saturated rings. The first-order valence-electron chi connectivity index (χ1n) is 8.93. The van der Waals surface area contributed by atoms with E-state index in [9.17, 15) is 13.2 Å². The molecule has 1 amide bonds. The van der Waals surface area contributed by atoms with Crippen LogP contribution in [0.2, 0.25) is 0 Å². The molecule has 1 saturated heterocycles. The normalized spacial score (nSPS) is 14.7. The molecule has 0 spiro atoms. The molecule has 0 atom stereocenters. The minimum absolute atomic E-state index is 0.266. The van der Waals surface area contributed by atoms with Gasteiger partial charge in [-0.3, -0.25) is 9.52 Å². The van der Waals surface area contributed by atoms with Crippen LogP contribution in [0.1, 0.15) is 35.2 Å². The second kappa shape index (κ2) is 7.96. The summed E-state index contributed by atoms with van der Waals surface area (Å²) in [6.07, 6.45) is 6.18. The number of carbonyl (C=O) groups is 1. The van der Waals surface area contributed by atoms with Crippen molar-refractivity contribution in [3.05, 3.63) is 47.7 Å². The summed E-state index contributed by atoms with van der Waals surface area (Å²) in [4.78, 5) is 19.4. The zero-order chi connectivity index (χ0) is 19.4. The van der Waals surface area contributed by atoms with E-state index in [1.165, 1.54) is 6.42 Å². The first-order valence-corrected chi connectivity index (χ1v) is 10.8. The number of aryl methyl sites for hydroxylation is 1. The standard InChI is InChI=1S/C19H24N4O3S/c1-14-8-9-15(13-17(14)22-27(2,25)26)21-19(24)16-7-6-10-20-18(16)23-11-4-3-5-12-23/h6-10,13,22H,3-5,11-12H2,1-2H3,(H,21,24). The molecule has 1 aromatic heterocycles. The van der Waals surface area contributed by atoms with Crippen molar-refractivity contribution in [3.8, 4) is 0 Å². The molecular formula is C19H24N4O3S. The number of hydrogen-bond acceptors (Lipinski definition) is 5. The van der Waals surface area contributed by atoms with E-state index < -0.39 is 10.0 Å². The van der Waals surface area contributed by atoms with E-state index in [2.05, 4.69) is 19.9 Å². The van der Waals surface area contributed by atoms with Crippen molar-refractivity contribution in [1.82, 2.24) is 4.98 Å². The van der Waals surface area contributed by atoms with Crippen molar-refractivity contribution in [1.29, 1.82) is 0 Å². The Labute approximate surface area is 159 Å². The largest absolute Gasteiger partial charge is 0.356 e. The highest BCUT2D eigenvalue weighted by Gasteiger charge is 2.20. The summed E-state index contributed by atoms with van der Waals surface area (Å²) in [6.45, 7) is 3.59. The lowest BCUT2D eigenvalue weighted by atomic mass is 10.1. The molecule has 0 saturated carbocycles. The van der Waals surface area contributed by atoms with E-state index >= 15 is 0 Å². The monoisotopic (exact) mass is 388 g/mol. The first kappa shape index (κ1) is 19.2. The van der Waals surface area contributed by atoms with Gasteiger partial charge in [0.2, 0.25) is 10.0 Å². The summed E-state index contributed by atoms with van der Waals surface area (Å²) in [6, 6.07) is 8.63. The number of nitrogens with zero attached hydrogens (tertiary/aromatic N) is 2. The van der Waals surface area contributed by atoms with Crippen LogP contribution in [0.15, 0.2) is 36.5 Å². The van der Waals surface area contributed by atoms with Gasteiger partial charge >= 0.3 is 0 Å². The highest BCUT2D eigenvalue weighted by atomic mass is 32.2. The van der Waals surface area contributed by atoms with Gasteiger partial charge in [0.15, 0.2) is 0 Å². The van der Waals surface area contributed by atoms with E-state index in [4.69, 9.17) is 0 Å². The van der Waals surface area contributed by atoms with Gasteiger partial charge in [-0.15, -0.1) is 0 Å². The third-order valence-electron chi connectivity index (χ3n) is 4.48. The van der Waals surface area contributed by atoms with E-state index in [0.29, 0.717) is 22.8 Å². The molecule has 1 aliphatic heterocycles. The Hall–Kier alpha value is -2.61. The highest BCUT2D eigenvalue weighted by molar-refractivity contribution is 7.92. The van der Waals surface area contributed by atoms with Crippen molar-refractivity contribution in [3.63, 3.8) is 0 Å². The molecule has 2 heterocycles. The van der Waals surface area contributed by atoms with Crippen LogP contribution in [0.3, 0.4) is 0 Å². The fourth-order valence-electron chi connectivity index (χ4n) is 3.14. The summed E-state index contributed by atoms with van der Waals surface area (Å²) in [7, 11) is -3.40. The lowest BCUT2D eigenvalue weighted by Crippen LogP contribution is -2.32. The SMILES string of the molecule is Cc1ccc(NC(=O)c2cccnc2N2CCCCC2)cc1NS(C)(=O)=O. The third-order valence-corrected chi connectivity index (χ3v) is 5.07. The van der Waals surface area contributed by atoms with Crippen LogP contribution in [0, 0.1) is 6.92 Å². The fraction of sp³-hybridized carbons (Fsp3) is 0.368. The first-order chi connectivity index (χ1) is 12.8. The molecule has 8 heteroatoms. The number of benzene rings is 1. The predicted molar refractivity (Wildman–Crippen MR) is 108 cm³/mol. The Morgan fingerprint density at radius 3 is 2.59 bits per heavy atom. The Kier molecular flexibility index (Phi) is 5.65. The maximum Gasteiger partial charge on any atom is 0.259 e. The predicted octanol–water partition coefficient (Wildman–Crippen LogP) is 3.00. The van der Waals surface area contributed by atoms with Gasteiger partial charge in [-0.1, -0.05) is 6.07 Å². The van der Waals surface area contributed by atoms with Gasteiger partial charge in [0, 0.05) is 25.0 Å². The summed E-state index contributed by atoms with van der Waals surface area (Å²) in [5.74, 6) is 0.425. The summed E-state index contributed by atoms with van der Waals surface area (Å²) in [5, 5.41) is 2.85. The van der Waals surface area contributed by atoms with Gasteiger partial charge < -0.3 is 10.2 Å². The van der Waals surface area contributed by atoms with E-state index in [1.54, 1.807) is 43.5 Å². The van der Waals surface area contributed by atoms with Gasteiger partial charge in [0.25, 0.3) is 5.91 Å². The second-order valence-electron chi connectivity index (χ2n) is 6.78. The number of nitrogens with one attached hydrogen (secondary N) is 2. The van der Waals surface area contributed by atoms with Crippen LogP contribution >= 0.6 is 0 Å². The van der Waals surface area contributed by atoms with Crippen molar-refractivity contribution < 1.29 is 13.2 Å². The molecule has 1 aromatic carbocycles. The molecule has 0 unspecified atom stereocenters. The third kappa shape index (κ3) is 4.97. The number of pyridine rings is 1. The summed E-state index contributed by atoms with van der Waals surface area (Å²) >= 11 is 0. The lowest BCUT2D eigenvalue weighted by Gasteiger charge is -2.29. The van der Waals surface area contributed by atoms with Crippen LogP contribution in [0.5, 0.6) is 0 Å². The number of aromatic nitrogens is 1. The maximum absolute atomic E-state index is 12.8. The summed E-state index contributed by atoms with van der Waals surface area (Å²) in [5.41, 5.74) is 2.24. The molecule has 7 nitrogen and oxygen atoms in total. The van der Waals surface area contributed by atoms with Gasteiger partial charge in [0.05, 0.1) is 17.5 Å². The molecule has 1 aliphatic rings. The van der Waals surface area contributed by atoms with Crippen LogP contribution in [0.4, 0.5) is 17.2 Å². The van der Waals surface area contributed by atoms with Gasteiger partial charge in [-0.25, -0.2) is 13.4 Å². The van der Waals surface area contributed by atoms with Crippen LogP contribution in [-0.2, 0) is 10.0 Å². The maximum atomic E-state index is 12.8. The van der Waals surface area contributed by atoms with Gasteiger partial charge in [0.1, 0.15) is 5.82 Å².